The summed E-state index contributed by atoms with van der Waals surface area (Å²) in [6, 6.07) is 8.23. The third-order valence-corrected chi connectivity index (χ3v) is 4.76. The number of hydrogen-bond acceptors (Lipinski definition) is 4. The lowest BCUT2D eigenvalue weighted by molar-refractivity contribution is 0.0671. The Labute approximate surface area is 123 Å². The largest absolute Gasteiger partial charge is 0.374 e. The zero-order chi connectivity index (χ0) is 14.4. The minimum Gasteiger partial charge on any atom is -0.374 e. The van der Waals surface area contributed by atoms with E-state index in [1.165, 1.54) is 0 Å². The molecule has 20 heavy (non-hydrogen) atoms. The normalized spacial score (nSPS) is 22.6. The predicted octanol–water partition coefficient (Wildman–Crippen LogP) is 3.17. The molecule has 2 heterocycles. The van der Waals surface area contributed by atoms with Crippen LogP contribution in [0.1, 0.15) is 42.6 Å². The van der Waals surface area contributed by atoms with Gasteiger partial charge in [-0.15, -0.1) is 11.3 Å². The first-order valence-electron chi connectivity index (χ1n) is 6.83. The van der Waals surface area contributed by atoms with Gasteiger partial charge in [0.2, 0.25) is 0 Å². The molecule has 1 aliphatic heterocycles. The molecule has 3 rings (SSSR count). The maximum absolute atomic E-state index is 6.67. The van der Waals surface area contributed by atoms with Gasteiger partial charge in [0.25, 0.3) is 0 Å². The minimum atomic E-state index is -0.622. The van der Waals surface area contributed by atoms with Gasteiger partial charge in [-0.3, -0.25) is 0 Å². The monoisotopic (exact) mass is 288 g/mol. The maximum atomic E-state index is 6.67. The van der Waals surface area contributed by atoms with E-state index in [0.29, 0.717) is 13.2 Å². The van der Waals surface area contributed by atoms with E-state index in [4.69, 9.17) is 15.5 Å². The maximum Gasteiger partial charge on any atom is 0.120 e. The number of ether oxygens (including phenoxy) is 1. The average molecular weight is 288 g/mol. The molecule has 1 aromatic carbocycles. The van der Waals surface area contributed by atoms with Crippen LogP contribution in [0.15, 0.2) is 29.6 Å². The first-order chi connectivity index (χ1) is 9.41. The number of thiazole rings is 1. The molecule has 2 N–H and O–H groups in total. The van der Waals surface area contributed by atoms with Crippen molar-refractivity contribution in [3.05, 3.63) is 51.5 Å². The summed E-state index contributed by atoms with van der Waals surface area (Å²) in [5.41, 5.74) is 9.48. The molecule has 0 fully saturated rings. The van der Waals surface area contributed by atoms with Gasteiger partial charge in [0.1, 0.15) is 10.5 Å². The summed E-state index contributed by atoms with van der Waals surface area (Å²) >= 11 is 1.63. The fraction of sp³-hybridized carbons (Fsp3) is 0.438. The smallest absolute Gasteiger partial charge is 0.120 e. The fourth-order valence-electron chi connectivity index (χ4n) is 2.48. The molecule has 106 valence electrons. The third kappa shape index (κ3) is 2.18. The molecule has 0 saturated carbocycles. The van der Waals surface area contributed by atoms with Crippen LogP contribution in [0.3, 0.4) is 0 Å². The number of rotatable bonds is 1. The summed E-state index contributed by atoms with van der Waals surface area (Å²) in [5, 5.41) is 3.05. The minimum absolute atomic E-state index is 0.0418. The topological polar surface area (TPSA) is 48.1 Å². The van der Waals surface area contributed by atoms with Crippen molar-refractivity contribution >= 4 is 11.3 Å². The summed E-state index contributed by atoms with van der Waals surface area (Å²) in [7, 11) is 0. The Morgan fingerprint density at radius 3 is 2.75 bits per heavy atom. The van der Waals surface area contributed by atoms with Crippen LogP contribution in [-0.4, -0.2) is 11.6 Å². The molecule has 0 amide bonds. The van der Waals surface area contributed by atoms with Crippen molar-refractivity contribution in [3.63, 3.8) is 0 Å². The van der Waals surface area contributed by atoms with E-state index in [0.717, 1.165) is 21.8 Å². The molecule has 4 heteroatoms. The van der Waals surface area contributed by atoms with Crippen LogP contribution in [0.5, 0.6) is 0 Å². The second-order valence-corrected chi connectivity index (χ2v) is 7.27. The summed E-state index contributed by atoms with van der Waals surface area (Å²) in [4.78, 5) is 4.79. The van der Waals surface area contributed by atoms with Gasteiger partial charge < -0.3 is 10.5 Å². The molecular formula is C16H20N2OS. The van der Waals surface area contributed by atoms with Crippen molar-refractivity contribution < 1.29 is 4.74 Å². The van der Waals surface area contributed by atoms with E-state index >= 15 is 0 Å². The van der Waals surface area contributed by atoms with Crippen LogP contribution in [0, 0.1) is 0 Å². The number of nitrogens with zero attached hydrogens (tertiary/aromatic N) is 1. The number of benzene rings is 1. The van der Waals surface area contributed by atoms with Crippen LogP contribution in [-0.2, 0) is 22.3 Å². The summed E-state index contributed by atoms with van der Waals surface area (Å²) in [6.07, 6.45) is 0. The van der Waals surface area contributed by atoms with E-state index in [-0.39, 0.29) is 5.41 Å². The second kappa shape index (κ2) is 4.65. The van der Waals surface area contributed by atoms with Crippen molar-refractivity contribution in [1.82, 2.24) is 4.98 Å². The van der Waals surface area contributed by atoms with Crippen LogP contribution >= 0.6 is 11.3 Å². The van der Waals surface area contributed by atoms with E-state index in [9.17, 15) is 0 Å². The van der Waals surface area contributed by atoms with Crippen molar-refractivity contribution in [2.75, 3.05) is 6.61 Å². The highest BCUT2D eigenvalue weighted by Gasteiger charge is 2.38. The van der Waals surface area contributed by atoms with E-state index < -0.39 is 5.54 Å². The van der Waals surface area contributed by atoms with Crippen molar-refractivity contribution in [2.24, 2.45) is 5.73 Å². The van der Waals surface area contributed by atoms with Gasteiger partial charge in [-0.25, -0.2) is 4.98 Å². The van der Waals surface area contributed by atoms with Gasteiger partial charge in [-0.2, -0.15) is 0 Å². The molecule has 1 aromatic heterocycles. The Kier molecular flexibility index (Phi) is 3.20. The zero-order valence-electron chi connectivity index (χ0n) is 12.1. The SMILES string of the molecule is CC(C)(C)c1csc(C2(N)COCc3ccccc32)n1. The molecule has 0 spiro atoms. The average Bonchev–Trinajstić information content (AvgIpc) is 2.89. The van der Waals surface area contributed by atoms with Crippen LogP contribution in [0.4, 0.5) is 0 Å². The molecule has 1 aliphatic rings. The standard InChI is InChI=1S/C16H20N2OS/c1-15(2,3)13-9-20-14(18-13)16(17)10-19-8-11-6-4-5-7-12(11)16/h4-7,9H,8,10,17H2,1-3H3. The summed E-state index contributed by atoms with van der Waals surface area (Å²) in [6.45, 7) is 7.62. The Bertz CT molecular complexity index is 629. The third-order valence-electron chi connectivity index (χ3n) is 3.74. The number of nitrogens with two attached hydrogens (primary N) is 1. The Morgan fingerprint density at radius 1 is 1.30 bits per heavy atom. The highest BCUT2D eigenvalue weighted by molar-refractivity contribution is 7.09. The van der Waals surface area contributed by atoms with Crippen molar-refractivity contribution in [3.8, 4) is 0 Å². The van der Waals surface area contributed by atoms with E-state index in [2.05, 4.69) is 38.3 Å². The fourth-order valence-corrected chi connectivity index (χ4v) is 3.64. The Balaban J connectivity index is 2.08. The molecule has 0 aliphatic carbocycles. The predicted molar refractivity (Wildman–Crippen MR) is 81.9 cm³/mol. The van der Waals surface area contributed by atoms with Crippen LogP contribution in [0.25, 0.3) is 0 Å². The molecule has 0 bridgehead atoms. The Morgan fingerprint density at radius 2 is 2.05 bits per heavy atom. The Hall–Kier alpha value is -1.23. The first kappa shape index (κ1) is 13.7. The molecule has 3 nitrogen and oxygen atoms in total. The van der Waals surface area contributed by atoms with E-state index in [1.54, 1.807) is 11.3 Å². The van der Waals surface area contributed by atoms with Crippen LogP contribution < -0.4 is 5.73 Å². The van der Waals surface area contributed by atoms with E-state index in [1.807, 2.05) is 12.1 Å². The van der Waals surface area contributed by atoms with Gasteiger partial charge in [-0.1, -0.05) is 45.0 Å². The first-order valence-corrected chi connectivity index (χ1v) is 7.71. The lowest BCUT2D eigenvalue weighted by Gasteiger charge is -2.34. The van der Waals surface area contributed by atoms with Gasteiger partial charge in [-0.05, 0) is 11.1 Å². The molecular weight excluding hydrogens is 268 g/mol. The number of fused-ring (bicyclic) bond motifs is 1. The highest BCUT2D eigenvalue weighted by Crippen LogP contribution is 2.37. The molecule has 1 atom stereocenters. The lowest BCUT2D eigenvalue weighted by atomic mass is 9.86. The van der Waals surface area contributed by atoms with Gasteiger partial charge in [0.15, 0.2) is 0 Å². The van der Waals surface area contributed by atoms with Gasteiger partial charge in [0.05, 0.1) is 18.9 Å². The highest BCUT2D eigenvalue weighted by atomic mass is 32.1. The molecule has 2 aromatic rings. The number of hydrogen-bond donors (Lipinski definition) is 1. The van der Waals surface area contributed by atoms with Gasteiger partial charge >= 0.3 is 0 Å². The second-order valence-electron chi connectivity index (χ2n) is 6.41. The quantitative estimate of drug-likeness (QED) is 0.877. The summed E-state index contributed by atoms with van der Waals surface area (Å²) < 4.78 is 5.70. The van der Waals surface area contributed by atoms with Crippen molar-refractivity contribution in [1.29, 1.82) is 0 Å². The van der Waals surface area contributed by atoms with Crippen LogP contribution in [0.2, 0.25) is 0 Å². The molecule has 1 unspecified atom stereocenters. The van der Waals surface area contributed by atoms with Crippen molar-refractivity contribution in [2.45, 2.75) is 38.3 Å². The van der Waals surface area contributed by atoms with Gasteiger partial charge in [0, 0.05) is 10.8 Å². The number of aromatic nitrogens is 1. The summed E-state index contributed by atoms with van der Waals surface area (Å²) in [5.74, 6) is 0. The molecule has 0 saturated heterocycles. The zero-order valence-corrected chi connectivity index (χ0v) is 13.0. The molecule has 0 radical (unpaired) electrons. The lowest BCUT2D eigenvalue weighted by Crippen LogP contribution is -2.45.